The molecule has 0 aliphatic rings. The maximum Gasteiger partial charge on any atom is 0.287 e. The van der Waals surface area contributed by atoms with Gasteiger partial charge in [-0.1, -0.05) is 24.3 Å². The van der Waals surface area contributed by atoms with Crippen molar-refractivity contribution in [1.82, 2.24) is 15.1 Å². The molecule has 3 heterocycles. The summed E-state index contributed by atoms with van der Waals surface area (Å²) in [7, 11) is 0. The second-order valence-corrected chi connectivity index (χ2v) is 6.36. The van der Waals surface area contributed by atoms with Crippen LogP contribution in [-0.4, -0.2) is 22.2 Å². The van der Waals surface area contributed by atoms with E-state index < -0.39 is 0 Å². The van der Waals surface area contributed by atoms with E-state index in [1.807, 2.05) is 58.7 Å². The number of fused-ring (bicyclic) bond motifs is 1. The van der Waals surface area contributed by atoms with E-state index in [0.29, 0.717) is 17.9 Å². The van der Waals surface area contributed by atoms with E-state index in [2.05, 4.69) is 10.4 Å². The Kier molecular flexibility index (Phi) is 3.88. The number of nitrogens with zero attached hydrogens (tertiary/aromatic N) is 2. The van der Waals surface area contributed by atoms with E-state index in [4.69, 9.17) is 4.42 Å². The van der Waals surface area contributed by atoms with Gasteiger partial charge in [-0.15, -0.1) is 11.3 Å². The van der Waals surface area contributed by atoms with Crippen LogP contribution in [0.2, 0.25) is 0 Å². The fraction of sp³-hybridized carbons (Fsp3) is 0.111. The summed E-state index contributed by atoms with van der Waals surface area (Å²) >= 11 is 1.64. The average molecular weight is 337 g/mol. The van der Waals surface area contributed by atoms with Crippen molar-refractivity contribution in [2.45, 2.75) is 6.04 Å². The Morgan fingerprint density at radius 2 is 2.17 bits per heavy atom. The number of benzene rings is 1. The average Bonchev–Trinajstić information content (AvgIpc) is 3.35. The Morgan fingerprint density at radius 1 is 1.25 bits per heavy atom. The molecule has 4 rings (SSSR count). The second kappa shape index (κ2) is 6.33. The van der Waals surface area contributed by atoms with Crippen molar-refractivity contribution in [1.29, 1.82) is 0 Å². The van der Waals surface area contributed by atoms with Gasteiger partial charge in [0.25, 0.3) is 5.91 Å². The van der Waals surface area contributed by atoms with Crippen LogP contribution >= 0.6 is 11.3 Å². The number of para-hydroxylation sites is 1. The van der Waals surface area contributed by atoms with Gasteiger partial charge in [-0.25, -0.2) is 0 Å². The Bertz CT molecular complexity index is 875. The number of amides is 1. The number of carbonyl (C=O) groups is 1. The lowest BCUT2D eigenvalue weighted by molar-refractivity contribution is 0.0924. The molecule has 0 aliphatic carbocycles. The summed E-state index contributed by atoms with van der Waals surface area (Å²) in [6.07, 6.45) is 3.64. The molecule has 1 aromatic carbocycles. The first-order chi connectivity index (χ1) is 11.8. The van der Waals surface area contributed by atoms with Crippen molar-refractivity contribution in [2.75, 3.05) is 6.54 Å². The molecule has 3 aromatic heterocycles. The van der Waals surface area contributed by atoms with E-state index in [-0.39, 0.29) is 11.9 Å². The molecule has 24 heavy (non-hydrogen) atoms. The Labute approximate surface area is 142 Å². The lowest BCUT2D eigenvalue weighted by atomic mass is 10.2. The van der Waals surface area contributed by atoms with Gasteiger partial charge in [-0.2, -0.15) is 5.10 Å². The minimum Gasteiger partial charge on any atom is -0.451 e. The predicted octanol–water partition coefficient (Wildman–Crippen LogP) is 3.71. The lowest BCUT2D eigenvalue weighted by Gasteiger charge is -2.16. The van der Waals surface area contributed by atoms with Crippen molar-refractivity contribution < 1.29 is 9.21 Å². The van der Waals surface area contributed by atoms with E-state index >= 15 is 0 Å². The number of hydrogen-bond donors (Lipinski definition) is 1. The van der Waals surface area contributed by atoms with Crippen LogP contribution in [-0.2, 0) is 0 Å². The zero-order valence-electron chi connectivity index (χ0n) is 12.8. The number of furan rings is 1. The molecular formula is C18H15N3O2S. The normalized spacial score (nSPS) is 12.3. The van der Waals surface area contributed by atoms with Gasteiger partial charge in [0.2, 0.25) is 0 Å². The Balaban J connectivity index is 1.52. The maximum atomic E-state index is 12.4. The molecular weight excluding hydrogens is 322 g/mol. The molecule has 5 nitrogen and oxygen atoms in total. The number of aromatic nitrogens is 2. The van der Waals surface area contributed by atoms with Gasteiger partial charge in [0.05, 0.1) is 0 Å². The van der Waals surface area contributed by atoms with E-state index in [1.165, 1.54) is 0 Å². The summed E-state index contributed by atoms with van der Waals surface area (Å²) in [6.45, 7) is 0.443. The van der Waals surface area contributed by atoms with Crippen molar-refractivity contribution in [3.05, 3.63) is 76.9 Å². The zero-order chi connectivity index (χ0) is 16.4. The molecule has 0 fully saturated rings. The zero-order valence-corrected chi connectivity index (χ0v) is 13.6. The first kappa shape index (κ1) is 14.7. The van der Waals surface area contributed by atoms with Crippen LogP contribution in [0.25, 0.3) is 11.0 Å². The fourth-order valence-electron chi connectivity index (χ4n) is 2.64. The van der Waals surface area contributed by atoms with Crippen LogP contribution in [0.5, 0.6) is 0 Å². The molecule has 1 N–H and O–H groups in total. The highest BCUT2D eigenvalue weighted by Crippen LogP contribution is 2.23. The van der Waals surface area contributed by atoms with Crippen LogP contribution < -0.4 is 5.32 Å². The van der Waals surface area contributed by atoms with Gasteiger partial charge in [0.1, 0.15) is 11.6 Å². The summed E-state index contributed by atoms with van der Waals surface area (Å²) in [5.74, 6) is 0.0986. The molecule has 0 bridgehead atoms. The van der Waals surface area contributed by atoms with Gasteiger partial charge >= 0.3 is 0 Å². The number of rotatable bonds is 5. The van der Waals surface area contributed by atoms with Gasteiger partial charge in [-0.3, -0.25) is 9.48 Å². The topological polar surface area (TPSA) is 60.1 Å². The quantitative estimate of drug-likeness (QED) is 0.604. The van der Waals surface area contributed by atoms with Crippen molar-refractivity contribution in [2.24, 2.45) is 0 Å². The number of carbonyl (C=O) groups excluding carboxylic acids is 1. The lowest BCUT2D eigenvalue weighted by Crippen LogP contribution is -2.31. The van der Waals surface area contributed by atoms with Crippen LogP contribution in [0.4, 0.5) is 0 Å². The first-order valence-corrected chi connectivity index (χ1v) is 8.48. The van der Waals surface area contributed by atoms with E-state index in [9.17, 15) is 4.79 Å². The molecule has 0 saturated heterocycles. The van der Waals surface area contributed by atoms with Gasteiger partial charge < -0.3 is 9.73 Å². The standard InChI is InChI=1S/C18H15N3O2S/c22-18(16-11-13-5-1-2-6-15(13)23-16)19-12-14(17-7-3-10-24-17)21-9-4-8-20-21/h1-11,14H,12H2,(H,19,22)/t14-/m0/s1. The third-order valence-electron chi connectivity index (χ3n) is 3.82. The van der Waals surface area contributed by atoms with Crippen molar-refractivity contribution in [3.8, 4) is 0 Å². The summed E-state index contributed by atoms with van der Waals surface area (Å²) in [5.41, 5.74) is 0.713. The van der Waals surface area contributed by atoms with Crippen LogP contribution in [0.1, 0.15) is 21.5 Å². The molecule has 120 valence electrons. The maximum absolute atomic E-state index is 12.4. The molecule has 0 unspecified atom stereocenters. The van der Waals surface area contributed by atoms with Crippen molar-refractivity contribution >= 4 is 28.2 Å². The molecule has 0 aliphatic heterocycles. The minimum atomic E-state index is -0.222. The summed E-state index contributed by atoms with van der Waals surface area (Å²) < 4.78 is 7.46. The van der Waals surface area contributed by atoms with Gasteiger partial charge in [0.15, 0.2) is 5.76 Å². The van der Waals surface area contributed by atoms with Crippen LogP contribution in [0.3, 0.4) is 0 Å². The summed E-state index contributed by atoms with van der Waals surface area (Å²) in [5, 5.41) is 10.2. The summed E-state index contributed by atoms with van der Waals surface area (Å²) in [6, 6.07) is 15.2. The molecule has 0 spiro atoms. The Morgan fingerprint density at radius 3 is 2.92 bits per heavy atom. The summed E-state index contributed by atoms with van der Waals surface area (Å²) in [4.78, 5) is 13.6. The van der Waals surface area contributed by atoms with Crippen LogP contribution in [0.15, 0.2) is 70.7 Å². The highest BCUT2D eigenvalue weighted by Gasteiger charge is 2.18. The predicted molar refractivity (Wildman–Crippen MR) is 93.2 cm³/mol. The van der Waals surface area contributed by atoms with Crippen molar-refractivity contribution in [3.63, 3.8) is 0 Å². The number of hydrogen-bond acceptors (Lipinski definition) is 4. The molecule has 0 saturated carbocycles. The number of thiophene rings is 1. The Hall–Kier alpha value is -2.86. The third-order valence-corrected chi connectivity index (χ3v) is 4.79. The first-order valence-electron chi connectivity index (χ1n) is 7.60. The molecule has 1 amide bonds. The largest absolute Gasteiger partial charge is 0.451 e. The SMILES string of the molecule is O=C(NC[C@@H](c1cccs1)n1cccn1)c1cc2ccccc2o1. The molecule has 6 heteroatoms. The third kappa shape index (κ3) is 2.83. The highest BCUT2D eigenvalue weighted by atomic mass is 32.1. The van der Waals surface area contributed by atoms with E-state index in [1.54, 1.807) is 23.6 Å². The molecule has 4 aromatic rings. The highest BCUT2D eigenvalue weighted by molar-refractivity contribution is 7.10. The van der Waals surface area contributed by atoms with E-state index in [0.717, 1.165) is 10.3 Å². The monoisotopic (exact) mass is 337 g/mol. The fourth-order valence-corrected chi connectivity index (χ4v) is 3.46. The second-order valence-electron chi connectivity index (χ2n) is 5.38. The van der Waals surface area contributed by atoms with Gasteiger partial charge in [-0.05, 0) is 29.6 Å². The molecule has 1 atom stereocenters. The number of nitrogens with one attached hydrogen (secondary N) is 1. The van der Waals surface area contributed by atoms with Gasteiger partial charge in [0, 0.05) is 29.2 Å². The van der Waals surface area contributed by atoms with Crippen LogP contribution in [0, 0.1) is 0 Å². The smallest absolute Gasteiger partial charge is 0.287 e. The molecule has 0 radical (unpaired) electrons. The minimum absolute atomic E-state index is 0.0340.